The van der Waals surface area contributed by atoms with Crippen LogP contribution in [0.5, 0.6) is 0 Å². The molecule has 0 unspecified atom stereocenters. The summed E-state index contributed by atoms with van der Waals surface area (Å²) in [5.41, 5.74) is 0.196. The first kappa shape index (κ1) is 12.7. The average Bonchev–Trinajstić information content (AvgIpc) is 2.71. The molecule has 1 aliphatic heterocycles. The van der Waals surface area contributed by atoms with Crippen LogP contribution in [0.2, 0.25) is 0 Å². The lowest BCUT2D eigenvalue weighted by Gasteiger charge is -2.29. The Bertz CT molecular complexity index is 618. The van der Waals surface area contributed by atoms with E-state index in [1.807, 2.05) is 30.3 Å². The van der Waals surface area contributed by atoms with Crippen LogP contribution in [-0.4, -0.2) is 18.9 Å². The van der Waals surface area contributed by atoms with Crippen LogP contribution in [0.25, 0.3) is 0 Å². The summed E-state index contributed by atoms with van der Waals surface area (Å²) in [5.74, 6) is -0.387. The first-order valence-electron chi connectivity index (χ1n) is 6.50. The fourth-order valence-corrected chi connectivity index (χ4v) is 2.85. The molecule has 1 heterocycles. The molecule has 2 amide bonds. The maximum Gasteiger partial charge on any atom is 0.238 e. The van der Waals surface area contributed by atoms with Gasteiger partial charge in [-0.1, -0.05) is 36.4 Å². The van der Waals surface area contributed by atoms with Crippen LogP contribution in [0.1, 0.15) is 5.56 Å². The van der Waals surface area contributed by atoms with Gasteiger partial charge in [0.1, 0.15) is 5.76 Å². The van der Waals surface area contributed by atoms with Crippen LogP contribution in [0.3, 0.4) is 0 Å². The number of amides is 2. The Morgan fingerprint density at radius 1 is 1.25 bits per heavy atom. The van der Waals surface area contributed by atoms with Crippen molar-refractivity contribution in [2.75, 3.05) is 7.11 Å². The molecule has 4 heteroatoms. The minimum Gasteiger partial charge on any atom is -0.497 e. The van der Waals surface area contributed by atoms with E-state index >= 15 is 0 Å². The van der Waals surface area contributed by atoms with Gasteiger partial charge in [-0.3, -0.25) is 14.9 Å². The smallest absolute Gasteiger partial charge is 0.238 e. The van der Waals surface area contributed by atoms with Crippen LogP contribution >= 0.6 is 0 Å². The van der Waals surface area contributed by atoms with Crippen molar-refractivity contribution >= 4 is 11.8 Å². The molecule has 1 fully saturated rings. The van der Waals surface area contributed by atoms with Crippen LogP contribution in [0.15, 0.2) is 54.3 Å². The summed E-state index contributed by atoms with van der Waals surface area (Å²) in [6.07, 6.45) is 5.78. The second kappa shape index (κ2) is 4.63. The van der Waals surface area contributed by atoms with E-state index in [0.29, 0.717) is 12.2 Å². The van der Waals surface area contributed by atoms with Gasteiger partial charge in [-0.25, -0.2) is 0 Å². The van der Waals surface area contributed by atoms with Crippen molar-refractivity contribution < 1.29 is 14.3 Å². The minimum absolute atomic E-state index is 0.237. The summed E-state index contributed by atoms with van der Waals surface area (Å²) in [4.78, 5) is 24.3. The molecule has 0 spiro atoms. The Hall–Kier alpha value is -2.36. The lowest BCUT2D eigenvalue weighted by atomic mass is 9.70. The van der Waals surface area contributed by atoms with E-state index in [0.717, 1.165) is 5.56 Å². The summed E-state index contributed by atoms with van der Waals surface area (Å²) in [6, 6.07) is 9.71. The third-order valence-corrected chi connectivity index (χ3v) is 3.95. The molecular weight excluding hydrogens is 254 g/mol. The minimum atomic E-state index is -0.833. The second-order valence-corrected chi connectivity index (χ2v) is 5.11. The van der Waals surface area contributed by atoms with Gasteiger partial charge in [0.25, 0.3) is 0 Å². The summed E-state index contributed by atoms with van der Waals surface area (Å²) < 4.78 is 5.16. The number of hydrogen-bond donors (Lipinski definition) is 1. The molecule has 1 aromatic rings. The lowest BCUT2D eigenvalue weighted by Crippen LogP contribution is -2.36. The number of carbonyl (C=O) groups is 2. The largest absolute Gasteiger partial charge is 0.497 e. The predicted molar refractivity (Wildman–Crippen MR) is 73.5 cm³/mol. The fraction of sp³-hybridized carbons (Fsp3) is 0.250. The molecule has 1 N–H and O–H groups in total. The van der Waals surface area contributed by atoms with Crippen LogP contribution < -0.4 is 5.32 Å². The highest BCUT2D eigenvalue weighted by molar-refractivity contribution is 6.09. The first-order chi connectivity index (χ1) is 9.65. The zero-order chi connectivity index (χ0) is 14.2. The van der Waals surface area contributed by atoms with Crippen molar-refractivity contribution in [2.45, 2.75) is 6.42 Å². The van der Waals surface area contributed by atoms with E-state index in [4.69, 9.17) is 4.74 Å². The molecule has 20 heavy (non-hydrogen) atoms. The number of methoxy groups -OCH3 is 1. The van der Waals surface area contributed by atoms with Gasteiger partial charge in [0, 0.05) is 0 Å². The van der Waals surface area contributed by atoms with Gasteiger partial charge < -0.3 is 4.74 Å². The maximum absolute atomic E-state index is 12.3. The van der Waals surface area contributed by atoms with Gasteiger partial charge in [0.05, 0.1) is 18.4 Å². The average molecular weight is 269 g/mol. The Labute approximate surface area is 117 Å². The zero-order valence-electron chi connectivity index (χ0n) is 11.1. The van der Waals surface area contributed by atoms with E-state index in [-0.39, 0.29) is 11.8 Å². The van der Waals surface area contributed by atoms with E-state index in [9.17, 15) is 9.59 Å². The molecule has 3 rings (SSSR count). The summed E-state index contributed by atoms with van der Waals surface area (Å²) >= 11 is 0. The van der Waals surface area contributed by atoms with Gasteiger partial charge in [0.15, 0.2) is 0 Å². The predicted octanol–water partition coefficient (Wildman–Crippen LogP) is 1.59. The molecule has 1 saturated heterocycles. The molecule has 2 atom stereocenters. The van der Waals surface area contributed by atoms with Crippen molar-refractivity contribution in [1.82, 2.24) is 5.32 Å². The number of carbonyl (C=O) groups excluding carboxylic acids is 2. The second-order valence-electron chi connectivity index (χ2n) is 5.11. The molecule has 0 radical (unpaired) electrons. The highest BCUT2D eigenvalue weighted by Gasteiger charge is 2.53. The van der Waals surface area contributed by atoms with E-state index in [1.165, 1.54) is 0 Å². The number of hydrogen-bond acceptors (Lipinski definition) is 3. The number of imide groups is 1. The highest BCUT2D eigenvalue weighted by Crippen LogP contribution is 2.42. The summed E-state index contributed by atoms with van der Waals surface area (Å²) in [7, 11) is 1.55. The van der Waals surface area contributed by atoms with Crippen molar-refractivity contribution in [3.63, 3.8) is 0 Å². The van der Waals surface area contributed by atoms with Crippen LogP contribution in [0.4, 0.5) is 0 Å². The van der Waals surface area contributed by atoms with E-state index < -0.39 is 11.3 Å². The number of fused-ring (bicyclic) bond motifs is 1. The zero-order valence-corrected chi connectivity index (χ0v) is 11.1. The molecule has 0 saturated carbocycles. The summed E-state index contributed by atoms with van der Waals surface area (Å²) in [6.45, 7) is 0. The van der Waals surface area contributed by atoms with Crippen molar-refractivity contribution in [3.05, 3.63) is 59.9 Å². The van der Waals surface area contributed by atoms with Crippen molar-refractivity contribution in [1.29, 1.82) is 0 Å². The molecular formula is C16H15NO3. The van der Waals surface area contributed by atoms with Gasteiger partial charge in [-0.15, -0.1) is 0 Å². The van der Waals surface area contributed by atoms with Crippen LogP contribution in [0, 0.1) is 11.3 Å². The Kier molecular flexibility index (Phi) is 2.93. The van der Waals surface area contributed by atoms with E-state index in [1.54, 1.807) is 25.3 Å². The van der Waals surface area contributed by atoms with Crippen molar-refractivity contribution in [3.8, 4) is 0 Å². The normalized spacial score (nSPS) is 27.9. The number of rotatable bonds is 3. The molecule has 2 aliphatic rings. The third kappa shape index (κ3) is 1.84. The highest BCUT2D eigenvalue weighted by atomic mass is 16.5. The molecule has 1 aliphatic carbocycles. The van der Waals surface area contributed by atoms with Crippen molar-refractivity contribution in [2.24, 2.45) is 11.3 Å². The SMILES string of the molecule is COC1=C[C@@H]2C(=O)NC(=O)[C@]2(Cc2ccccc2)C=C1. The number of benzene rings is 1. The summed E-state index contributed by atoms with van der Waals surface area (Å²) in [5, 5.41) is 2.44. The Morgan fingerprint density at radius 3 is 2.70 bits per heavy atom. The van der Waals surface area contributed by atoms with Gasteiger partial charge >= 0.3 is 0 Å². The first-order valence-corrected chi connectivity index (χ1v) is 6.50. The standard InChI is InChI=1S/C16H15NO3/c1-20-12-7-8-16(10-11-5-3-2-4-6-11)13(9-12)14(18)17-15(16)19/h2-9,13H,10H2,1H3,(H,17,18,19)/t13-,16+/m1/s1. The topological polar surface area (TPSA) is 55.4 Å². The fourth-order valence-electron chi connectivity index (χ4n) is 2.85. The molecule has 0 bridgehead atoms. The van der Waals surface area contributed by atoms with Gasteiger partial charge in [-0.2, -0.15) is 0 Å². The third-order valence-electron chi connectivity index (χ3n) is 3.95. The molecule has 102 valence electrons. The monoisotopic (exact) mass is 269 g/mol. The Balaban J connectivity index is 2.01. The quantitative estimate of drug-likeness (QED) is 0.848. The Morgan fingerprint density at radius 2 is 2.00 bits per heavy atom. The van der Waals surface area contributed by atoms with Crippen LogP contribution in [-0.2, 0) is 20.7 Å². The maximum atomic E-state index is 12.3. The number of allylic oxidation sites excluding steroid dienone is 1. The van der Waals surface area contributed by atoms with Gasteiger partial charge in [0.2, 0.25) is 11.8 Å². The van der Waals surface area contributed by atoms with Gasteiger partial charge in [-0.05, 0) is 24.1 Å². The van der Waals surface area contributed by atoms with E-state index in [2.05, 4.69) is 5.32 Å². The molecule has 4 nitrogen and oxygen atoms in total. The molecule has 1 aromatic carbocycles. The number of nitrogens with one attached hydrogen (secondary N) is 1. The molecule has 0 aromatic heterocycles. The lowest BCUT2D eigenvalue weighted by molar-refractivity contribution is -0.127. The number of ether oxygens (including phenoxy) is 1.